The van der Waals surface area contributed by atoms with Crippen molar-refractivity contribution in [1.29, 1.82) is 5.26 Å². The van der Waals surface area contributed by atoms with Gasteiger partial charge in [-0.05, 0) is 61.9 Å². The maximum atomic E-state index is 13.5. The van der Waals surface area contributed by atoms with Crippen LogP contribution >= 0.6 is 27.5 Å². The summed E-state index contributed by atoms with van der Waals surface area (Å²) in [7, 11) is -0.600. The molecule has 1 atom stereocenters. The van der Waals surface area contributed by atoms with Crippen LogP contribution in [0.1, 0.15) is 44.9 Å². The quantitative estimate of drug-likeness (QED) is 0.401. The van der Waals surface area contributed by atoms with Crippen molar-refractivity contribution in [1.82, 2.24) is 20.1 Å². The SMILES string of the molecule is Cc1cc(Br)cc(C(=O)NC2CC2)c1NC(=O)c1cc(CS(C)=NC#N)nn1-c1ncccc1Cl. The van der Waals surface area contributed by atoms with Crippen molar-refractivity contribution in [3.63, 3.8) is 0 Å². The summed E-state index contributed by atoms with van der Waals surface area (Å²) in [5.74, 6) is -0.0673. The summed E-state index contributed by atoms with van der Waals surface area (Å²) in [4.78, 5) is 30.7. The van der Waals surface area contributed by atoms with Crippen LogP contribution in [0.3, 0.4) is 0 Å². The Balaban J connectivity index is 1.73. The van der Waals surface area contributed by atoms with Crippen LogP contribution in [-0.2, 0) is 16.4 Å². The number of nitriles is 1. The van der Waals surface area contributed by atoms with Gasteiger partial charge in [0.2, 0.25) is 6.19 Å². The Morgan fingerprint density at radius 3 is 2.80 bits per heavy atom. The highest BCUT2D eigenvalue weighted by molar-refractivity contribution is 9.10. The Kier molecular flexibility index (Phi) is 7.64. The number of hydrogen-bond donors (Lipinski definition) is 2. The number of aryl methyl sites for hydroxylation is 1. The molecule has 2 aromatic heterocycles. The topological polar surface area (TPSA) is 125 Å². The number of aromatic nitrogens is 3. The molecule has 0 bridgehead atoms. The molecule has 35 heavy (non-hydrogen) atoms. The van der Waals surface area contributed by atoms with Gasteiger partial charge in [-0.3, -0.25) is 9.59 Å². The molecule has 0 saturated heterocycles. The number of carbonyl (C=O) groups is 2. The second-order valence-corrected chi connectivity index (χ2v) is 11.0. The van der Waals surface area contributed by atoms with Crippen LogP contribution in [0.4, 0.5) is 5.69 Å². The van der Waals surface area contributed by atoms with E-state index >= 15 is 0 Å². The zero-order chi connectivity index (χ0) is 25.1. The first-order chi connectivity index (χ1) is 16.8. The molecule has 2 heterocycles. The standard InChI is InChI=1S/C23H21BrClN7O2S/c1-13-8-14(24)9-17(22(33)29-15-5-6-15)20(13)30-23(34)19-10-16(11-35(2)28-12-26)31-32(19)21-18(25)4-3-7-27-21/h3-4,7-10,15H,5-6,11H2,1-2H3,(H,29,33)(H,30,34). The van der Waals surface area contributed by atoms with Gasteiger partial charge in [-0.2, -0.15) is 14.7 Å². The highest BCUT2D eigenvalue weighted by Crippen LogP contribution is 2.29. The van der Waals surface area contributed by atoms with Crippen LogP contribution in [-0.4, -0.2) is 38.9 Å². The first kappa shape index (κ1) is 25.0. The van der Waals surface area contributed by atoms with Gasteiger partial charge in [0, 0.05) is 22.5 Å². The number of nitrogens with zero attached hydrogens (tertiary/aromatic N) is 5. The Hall–Kier alpha value is -3.07. The molecule has 1 aliphatic carbocycles. The van der Waals surface area contributed by atoms with Crippen LogP contribution in [0.15, 0.2) is 45.4 Å². The van der Waals surface area contributed by atoms with Gasteiger partial charge in [0.1, 0.15) is 5.69 Å². The molecule has 0 radical (unpaired) electrons. The van der Waals surface area contributed by atoms with E-state index in [4.69, 9.17) is 16.9 Å². The van der Waals surface area contributed by atoms with E-state index in [1.54, 1.807) is 36.7 Å². The molecule has 9 nitrogen and oxygen atoms in total. The molecule has 1 unspecified atom stereocenters. The van der Waals surface area contributed by atoms with Gasteiger partial charge in [-0.25, -0.2) is 9.67 Å². The number of pyridine rings is 1. The molecular weight excluding hydrogens is 554 g/mol. The van der Waals surface area contributed by atoms with Crippen LogP contribution in [0.2, 0.25) is 5.02 Å². The van der Waals surface area contributed by atoms with E-state index in [2.05, 4.69) is 41.0 Å². The highest BCUT2D eigenvalue weighted by Gasteiger charge is 2.27. The number of amides is 2. The Morgan fingerprint density at radius 2 is 2.11 bits per heavy atom. The number of nitrogens with one attached hydrogen (secondary N) is 2. The lowest BCUT2D eigenvalue weighted by Crippen LogP contribution is -2.27. The summed E-state index contributed by atoms with van der Waals surface area (Å²) in [5, 5.41) is 19.6. The molecule has 2 N–H and O–H groups in total. The zero-order valence-corrected chi connectivity index (χ0v) is 22.0. The molecule has 4 rings (SSSR count). The van der Waals surface area contributed by atoms with E-state index < -0.39 is 16.6 Å². The van der Waals surface area contributed by atoms with E-state index in [1.165, 1.54) is 4.68 Å². The Labute approximate surface area is 218 Å². The normalized spacial score (nSPS) is 13.8. The fourth-order valence-electron chi connectivity index (χ4n) is 3.43. The number of carbonyl (C=O) groups excluding carboxylic acids is 2. The minimum atomic E-state index is -0.600. The van der Waals surface area contributed by atoms with Gasteiger partial charge in [0.15, 0.2) is 5.82 Å². The molecule has 12 heteroatoms. The molecule has 1 saturated carbocycles. The number of halogens is 2. The molecule has 1 fully saturated rings. The van der Waals surface area contributed by atoms with E-state index in [9.17, 15) is 9.59 Å². The summed E-state index contributed by atoms with van der Waals surface area (Å²) in [6.07, 6.45) is 7.06. The van der Waals surface area contributed by atoms with Crippen molar-refractivity contribution in [2.24, 2.45) is 4.36 Å². The Bertz CT molecular complexity index is 1390. The van der Waals surface area contributed by atoms with Crippen molar-refractivity contribution in [2.45, 2.75) is 31.6 Å². The van der Waals surface area contributed by atoms with E-state index in [-0.39, 0.29) is 23.5 Å². The van der Waals surface area contributed by atoms with Gasteiger partial charge in [0.05, 0.1) is 22.0 Å². The van der Waals surface area contributed by atoms with Gasteiger partial charge < -0.3 is 10.6 Å². The zero-order valence-electron chi connectivity index (χ0n) is 18.9. The number of rotatable bonds is 7. The smallest absolute Gasteiger partial charge is 0.274 e. The Morgan fingerprint density at radius 1 is 1.34 bits per heavy atom. The minimum absolute atomic E-state index is 0.169. The predicted octanol–water partition coefficient (Wildman–Crippen LogP) is 4.55. The molecule has 1 aromatic carbocycles. The van der Waals surface area contributed by atoms with Crippen molar-refractivity contribution >= 4 is 55.7 Å². The fourth-order valence-corrected chi connectivity index (χ4v) is 4.98. The number of hydrogen-bond acceptors (Lipinski definition) is 6. The van der Waals surface area contributed by atoms with Crippen molar-refractivity contribution in [2.75, 3.05) is 11.6 Å². The summed E-state index contributed by atoms with van der Waals surface area (Å²) in [6, 6.07) is 8.64. The van der Waals surface area contributed by atoms with Gasteiger partial charge in [-0.15, -0.1) is 0 Å². The maximum absolute atomic E-state index is 13.5. The van der Waals surface area contributed by atoms with Gasteiger partial charge >= 0.3 is 0 Å². The summed E-state index contributed by atoms with van der Waals surface area (Å²) in [6.45, 7) is 1.82. The minimum Gasteiger partial charge on any atom is -0.349 e. The lowest BCUT2D eigenvalue weighted by atomic mass is 10.1. The second kappa shape index (κ2) is 10.7. The van der Waals surface area contributed by atoms with Crippen LogP contribution in [0.5, 0.6) is 0 Å². The van der Waals surface area contributed by atoms with Gasteiger partial charge in [0.25, 0.3) is 11.8 Å². The van der Waals surface area contributed by atoms with E-state index in [0.717, 1.165) is 22.9 Å². The highest BCUT2D eigenvalue weighted by atomic mass is 79.9. The molecule has 0 aliphatic heterocycles. The van der Waals surface area contributed by atoms with E-state index in [0.29, 0.717) is 27.7 Å². The second-order valence-electron chi connectivity index (χ2n) is 8.02. The summed E-state index contributed by atoms with van der Waals surface area (Å²) >= 11 is 9.79. The molecule has 2 amide bonds. The predicted molar refractivity (Wildman–Crippen MR) is 139 cm³/mol. The van der Waals surface area contributed by atoms with Crippen molar-refractivity contribution < 1.29 is 9.59 Å². The summed E-state index contributed by atoms with van der Waals surface area (Å²) < 4.78 is 5.94. The third-order valence-corrected chi connectivity index (χ3v) is 7.04. The first-order valence-electron chi connectivity index (χ1n) is 10.6. The van der Waals surface area contributed by atoms with Gasteiger partial charge in [-0.1, -0.05) is 38.2 Å². The molecule has 180 valence electrons. The van der Waals surface area contributed by atoms with Crippen molar-refractivity contribution in [3.05, 3.63) is 68.5 Å². The lowest BCUT2D eigenvalue weighted by molar-refractivity contribution is 0.0952. The third kappa shape index (κ3) is 5.96. The average molecular weight is 575 g/mol. The molecule has 0 spiro atoms. The fraction of sp³-hybridized carbons (Fsp3) is 0.261. The molecule has 3 aromatic rings. The average Bonchev–Trinajstić information content (AvgIpc) is 3.52. The monoisotopic (exact) mass is 573 g/mol. The van der Waals surface area contributed by atoms with Crippen LogP contribution in [0, 0.1) is 18.4 Å². The molecule has 1 aliphatic rings. The lowest BCUT2D eigenvalue weighted by Gasteiger charge is -2.15. The van der Waals surface area contributed by atoms with Crippen LogP contribution in [0.25, 0.3) is 5.82 Å². The van der Waals surface area contributed by atoms with Crippen LogP contribution < -0.4 is 10.6 Å². The van der Waals surface area contributed by atoms with E-state index in [1.807, 2.05) is 19.2 Å². The number of anilines is 1. The third-order valence-electron chi connectivity index (χ3n) is 5.18. The maximum Gasteiger partial charge on any atom is 0.274 e. The number of benzene rings is 1. The largest absolute Gasteiger partial charge is 0.349 e. The molecular formula is C23H21BrClN7O2S. The van der Waals surface area contributed by atoms with Crippen molar-refractivity contribution in [3.8, 4) is 12.0 Å². The summed E-state index contributed by atoms with van der Waals surface area (Å²) in [5.41, 5.74) is 2.24. The first-order valence-corrected chi connectivity index (χ1v) is 13.5.